The fraction of sp³-hybridized carbons (Fsp3) is 0.300. The molecule has 6 nitrogen and oxygen atoms in total. The Morgan fingerprint density at radius 1 is 0.786 bits per heavy atom. The zero-order valence-corrected chi connectivity index (χ0v) is 17.1. The predicted octanol–water partition coefficient (Wildman–Crippen LogP) is 3.46. The second kappa shape index (κ2) is 10.8. The van der Waals surface area contributed by atoms with E-state index >= 15 is 0 Å². The van der Waals surface area contributed by atoms with Crippen LogP contribution in [0.25, 0.3) is 0 Å². The molecule has 2 aromatic rings. The van der Waals surface area contributed by atoms with Crippen molar-refractivity contribution in [1.82, 2.24) is 10.6 Å². The first kappa shape index (κ1) is 21.9. The number of para-hydroxylation sites is 2. The summed E-state index contributed by atoms with van der Waals surface area (Å²) in [6.07, 6.45) is 0. The van der Waals surface area contributed by atoms with Gasteiger partial charge < -0.3 is 20.1 Å². The van der Waals surface area contributed by atoms with Crippen LogP contribution < -0.4 is 20.1 Å². The first-order valence-corrected chi connectivity index (χ1v) is 9.45. The molecule has 2 amide bonds. The standard InChI is InChI=1S/C20H22Cl2N2O4/c1-13(23-19(25)11-27-17-9-5-3-7-15(17)21)14(2)24-20(26)12-28-18-10-6-4-8-16(18)22/h3-10,13-14H,11-12H2,1-2H3,(H,23,25)(H,24,26). The molecule has 0 aliphatic rings. The van der Waals surface area contributed by atoms with Gasteiger partial charge in [0.15, 0.2) is 13.2 Å². The Morgan fingerprint density at radius 3 is 1.50 bits per heavy atom. The first-order valence-electron chi connectivity index (χ1n) is 8.70. The highest BCUT2D eigenvalue weighted by Crippen LogP contribution is 2.23. The van der Waals surface area contributed by atoms with E-state index in [9.17, 15) is 9.59 Å². The third-order valence-corrected chi connectivity index (χ3v) is 4.54. The van der Waals surface area contributed by atoms with Gasteiger partial charge in [0.1, 0.15) is 11.5 Å². The van der Waals surface area contributed by atoms with E-state index in [4.69, 9.17) is 32.7 Å². The molecule has 0 heterocycles. The maximum absolute atomic E-state index is 12.0. The lowest BCUT2D eigenvalue weighted by molar-refractivity contribution is -0.126. The van der Waals surface area contributed by atoms with Crippen molar-refractivity contribution in [3.8, 4) is 11.5 Å². The molecule has 0 fully saturated rings. The van der Waals surface area contributed by atoms with Crippen LogP contribution in [0.3, 0.4) is 0 Å². The molecule has 0 spiro atoms. The van der Waals surface area contributed by atoms with Crippen molar-refractivity contribution in [2.75, 3.05) is 13.2 Å². The largest absolute Gasteiger partial charge is 0.482 e. The minimum absolute atomic E-state index is 0.176. The van der Waals surface area contributed by atoms with Crippen LogP contribution in [0.1, 0.15) is 13.8 Å². The number of carbonyl (C=O) groups is 2. The van der Waals surface area contributed by atoms with Crippen molar-refractivity contribution >= 4 is 35.0 Å². The molecule has 0 radical (unpaired) electrons. The van der Waals surface area contributed by atoms with Gasteiger partial charge in [0.25, 0.3) is 11.8 Å². The van der Waals surface area contributed by atoms with Crippen LogP contribution in [0.4, 0.5) is 0 Å². The smallest absolute Gasteiger partial charge is 0.258 e. The van der Waals surface area contributed by atoms with E-state index in [2.05, 4.69) is 10.6 Å². The molecular formula is C20H22Cl2N2O4. The monoisotopic (exact) mass is 424 g/mol. The molecule has 28 heavy (non-hydrogen) atoms. The molecule has 0 saturated heterocycles. The summed E-state index contributed by atoms with van der Waals surface area (Å²) in [5, 5.41) is 6.41. The number of hydrogen-bond acceptors (Lipinski definition) is 4. The Labute approximate surface area is 174 Å². The predicted molar refractivity (Wildman–Crippen MR) is 109 cm³/mol. The molecule has 0 saturated carbocycles. The Bertz CT molecular complexity index is 749. The summed E-state index contributed by atoms with van der Waals surface area (Å²) in [5.74, 6) is 0.233. The van der Waals surface area contributed by atoms with Gasteiger partial charge in [-0.05, 0) is 38.1 Å². The summed E-state index contributed by atoms with van der Waals surface area (Å²) < 4.78 is 10.8. The number of nitrogens with one attached hydrogen (secondary N) is 2. The average Bonchev–Trinajstić information content (AvgIpc) is 2.66. The van der Waals surface area contributed by atoms with Crippen molar-refractivity contribution in [2.45, 2.75) is 25.9 Å². The van der Waals surface area contributed by atoms with E-state index in [1.807, 2.05) is 0 Å². The normalized spacial score (nSPS) is 12.6. The molecule has 2 unspecified atom stereocenters. The molecule has 0 aliphatic carbocycles. The summed E-state index contributed by atoms with van der Waals surface area (Å²) in [6.45, 7) is 3.22. The third kappa shape index (κ3) is 6.94. The summed E-state index contributed by atoms with van der Waals surface area (Å²) >= 11 is 12.0. The van der Waals surface area contributed by atoms with Crippen molar-refractivity contribution in [3.05, 3.63) is 58.6 Å². The second-order valence-electron chi connectivity index (χ2n) is 6.15. The lowest BCUT2D eigenvalue weighted by atomic mass is 10.1. The van der Waals surface area contributed by atoms with Gasteiger partial charge in [0, 0.05) is 12.1 Å². The highest BCUT2D eigenvalue weighted by atomic mass is 35.5. The molecule has 0 aliphatic heterocycles. The second-order valence-corrected chi connectivity index (χ2v) is 6.96. The van der Waals surface area contributed by atoms with Crippen molar-refractivity contribution in [2.24, 2.45) is 0 Å². The van der Waals surface area contributed by atoms with Crippen LogP contribution in [0.5, 0.6) is 11.5 Å². The minimum atomic E-state index is -0.319. The lowest BCUT2D eigenvalue weighted by Crippen LogP contribution is -2.50. The number of hydrogen-bond donors (Lipinski definition) is 2. The van der Waals surface area contributed by atoms with Crippen LogP contribution in [0.15, 0.2) is 48.5 Å². The van der Waals surface area contributed by atoms with Gasteiger partial charge in [-0.3, -0.25) is 9.59 Å². The molecule has 2 aromatic carbocycles. The molecule has 2 rings (SSSR count). The van der Waals surface area contributed by atoms with Crippen LogP contribution >= 0.6 is 23.2 Å². The molecular weight excluding hydrogens is 403 g/mol. The van der Waals surface area contributed by atoms with E-state index in [0.717, 1.165) is 0 Å². The summed E-state index contributed by atoms with van der Waals surface area (Å²) in [5.41, 5.74) is 0. The fourth-order valence-corrected chi connectivity index (χ4v) is 2.63. The number of halogens is 2. The number of rotatable bonds is 9. The molecule has 150 valence electrons. The summed E-state index contributed by atoms with van der Waals surface area (Å²) in [7, 11) is 0. The van der Waals surface area contributed by atoms with Crippen LogP contribution in [-0.4, -0.2) is 37.1 Å². The van der Waals surface area contributed by atoms with Gasteiger partial charge in [0.05, 0.1) is 10.0 Å². The number of carbonyl (C=O) groups excluding carboxylic acids is 2. The van der Waals surface area contributed by atoms with Gasteiger partial charge in [0.2, 0.25) is 0 Å². The van der Waals surface area contributed by atoms with Crippen molar-refractivity contribution in [3.63, 3.8) is 0 Å². The highest BCUT2D eigenvalue weighted by molar-refractivity contribution is 6.32. The number of benzene rings is 2. The average molecular weight is 425 g/mol. The maximum Gasteiger partial charge on any atom is 0.258 e. The Morgan fingerprint density at radius 2 is 1.14 bits per heavy atom. The topological polar surface area (TPSA) is 76.7 Å². The van der Waals surface area contributed by atoms with E-state index < -0.39 is 0 Å². The quantitative estimate of drug-likeness (QED) is 0.645. The van der Waals surface area contributed by atoms with Gasteiger partial charge >= 0.3 is 0 Å². The van der Waals surface area contributed by atoms with E-state index in [1.54, 1.807) is 62.4 Å². The van der Waals surface area contributed by atoms with E-state index in [1.165, 1.54) is 0 Å². The number of ether oxygens (including phenoxy) is 2. The maximum atomic E-state index is 12.0. The van der Waals surface area contributed by atoms with E-state index in [0.29, 0.717) is 21.5 Å². The third-order valence-electron chi connectivity index (χ3n) is 3.92. The van der Waals surface area contributed by atoms with Crippen LogP contribution in [0.2, 0.25) is 10.0 Å². The summed E-state index contributed by atoms with van der Waals surface area (Å²) in [6, 6.07) is 13.2. The van der Waals surface area contributed by atoms with Crippen molar-refractivity contribution in [1.29, 1.82) is 0 Å². The van der Waals surface area contributed by atoms with Gasteiger partial charge in [-0.2, -0.15) is 0 Å². The zero-order chi connectivity index (χ0) is 20.5. The van der Waals surface area contributed by atoms with Crippen LogP contribution in [-0.2, 0) is 9.59 Å². The van der Waals surface area contributed by atoms with Crippen molar-refractivity contribution < 1.29 is 19.1 Å². The van der Waals surface area contributed by atoms with Gasteiger partial charge in [-0.15, -0.1) is 0 Å². The van der Waals surface area contributed by atoms with Gasteiger partial charge in [-0.1, -0.05) is 47.5 Å². The molecule has 2 atom stereocenters. The van der Waals surface area contributed by atoms with Gasteiger partial charge in [-0.25, -0.2) is 0 Å². The van der Waals surface area contributed by atoms with E-state index in [-0.39, 0.29) is 37.1 Å². The molecule has 0 aromatic heterocycles. The SMILES string of the molecule is CC(NC(=O)COc1ccccc1Cl)C(C)NC(=O)COc1ccccc1Cl. The zero-order valence-electron chi connectivity index (χ0n) is 15.6. The Balaban J connectivity index is 1.73. The summed E-state index contributed by atoms with van der Waals surface area (Å²) in [4.78, 5) is 24.1. The lowest BCUT2D eigenvalue weighted by Gasteiger charge is -2.22. The molecule has 8 heteroatoms. The first-order chi connectivity index (χ1) is 13.4. The fourth-order valence-electron chi connectivity index (χ4n) is 2.25. The Kier molecular flexibility index (Phi) is 8.42. The van der Waals surface area contributed by atoms with Crippen LogP contribution in [0, 0.1) is 0 Å². The highest BCUT2D eigenvalue weighted by Gasteiger charge is 2.18. The Hall–Kier alpha value is -2.44. The minimum Gasteiger partial charge on any atom is -0.482 e. The molecule has 0 bridgehead atoms. The molecule has 2 N–H and O–H groups in total. The number of amides is 2.